The van der Waals surface area contributed by atoms with Crippen LogP contribution in [0.2, 0.25) is 5.02 Å². The standard InChI is InChI=1S/C39H47ClF3N7O8S/c1-21-8-6-7-9-23-19-38(23,33(53)48-59(55,56)37(5)12-13-37)47-30(51)28-18-25(57-31-26-17-24(40)10-11-27(26)49-15-14-44-34(49)46-31)20-50(28)32(52)29(22(2)16-21)45-35(54)58-36(3,4)39(41,42)43/h7,9-11,14-15,17,21-23,25,28-29H,6,8,12-13,16,18-20H2,1-5H3,(H,45,54)(H,47,51)(H,48,53)/b9-7-/t21-,22+,23+,25+,28-,29-,38+/m0/s1. The van der Waals surface area contributed by atoms with Crippen molar-refractivity contribution in [3.8, 4) is 5.88 Å². The minimum Gasteiger partial charge on any atom is -0.472 e. The highest BCUT2D eigenvalue weighted by Gasteiger charge is 2.63. The molecule has 3 N–H and O–H groups in total. The molecule has 4 heterocycles. The van der Waals surface area contributed by atoms with Crippen molar-refractivity contribution in [3.05, 3.63) is 47.8 Å². The van der Waals surface area contributed by atoms with E-state index in [0.29, 0.717) is 67.7 Å². The number of carbonyl (C=O) groups excluding carboxylic acids is 4. The molecule has 4 aliphatic rings. The van der Waals surface area contributed by atoms with Gasteiger partial charge in [-0.3, -0.25) is 23.5 Å². The molecule has 0 bridgehead atoms. The van der Waals surface area contributed by atoms with E-state index >= 15 is 0 Å². The summed E-state index contributed by atoms with van der Waals surface area (Å²) in [5, 5.41) is 6.04. The first kappa shape index (κ1) is 42.5. The fraction of sp³-hybridized carbons (Fsp3) is 0.590. The third-order valence-electron chi connectivity index (χ3n) is 12.1. The Labute approximate surface area is 343 Å². The number of hydrogen-bond donors (Lipinski definition) is 3. The molecule has 3 fully saturated rings. The average molecular weight is 866 g/mol. The van der Waals surface area contributed by atoms with Crippen molar-refractivity contribution in [1.29, 1.82) is 0 Å². The maximum atomic E-state index is 14.8. The van der Waals surface area contributed by atoms with Crippen LogP contribution in [-0.2, 0) is 29.1 Å². The SMILES string of the molecule is C[C@H]1CC/C=C\[C@@H]2C[C@@]2(C(=O)NS(=O)(=O)C2(C)CC2)NC(=O)[C@@H]2C[C@@H](Oc3nc4nccn4c4ccc(Cl)cc34)CN2C(=O)[C@@H](NC(=O)OC(C)(C)C(F)(F)F)[C@H](C)C1. The van der Waals surface area contributed by atoms with Crippen LogP contribution in [0.1, 0.15) is 79.6 Å². The van der Waals surface area contributed by atoms with Crippen LogP contribution in [0.4, 0.5) is 18.0 Å². The molecule has 1 aromatic carbocycles. The van der Waals surface area contributed by atoms with E-state index in [1.165, 1.54) is 11.8 Å². The van der Waals surface area contributed by atoms with Gasteiger partial charge in [0.25, 0.3) is 5.91 Å². The third kappa shape index (κ3) is 8.28. The number of allylic oxidation sites excluding steroid dienone is 1. The number of rotatable bonds is 7. The van der Waals surface area contributed by atoms with Crippen LogP contribution in [-0.4, -0.2) is 98.3 Å². The molecule has 7 atom stereocenters. The predicted molar refractivity (Wildman–Crippen MR) is 209 cm³/mol. The number of alkyl halides is 3. The van der Waals surface area contributed by atoms with Crippen molar-refractivity contribution in [1.82, 2.24) is 34.6 Å². The first-order valence-electron chi connectivity index (χ1n) is 19.6. The Kier molecular flexibility index (Phi) is 10.9. The number of fused-ring (bicyclic) bond motifs is 5. The zero-order valence-corrected chi connectivity index (χ0v) is 34.7. The number of halogens is 4. The first-order chi connectivity index (χ1) is 27.5. The third-order valence-corrected chi connectivity index (χ3v) is 14.5. The maximum Gasteiger partial charge on any atom is 0.427 e. The molecule has 1 saturated heterocycles. The molecule has 0 unspecified atom stereocenters. The van der Waals surface area contributed by atoms with Crippen LogP contribution in [0.3, 0.4) is 0 Å². The second kappa shape index (κ2) is 15.1. The summed E-state index contributed by atoms with van der Waals surface area (Å²) in [5.41, 5.74) is -3.91. The smallest absolute Gasteiger partial charge is 0.427 e. The number of ether oxygens (including phenoxy) is 2. The Balaban J connectivity index is 1.25. The number of sulfonamides is 1. The molecule has 2 aliphatic heterocycles. The fourth-order valence-electron chi connectivity index (χ4n) is 7.90. The van der Waals surface area contributed by atoms with Gasteiger partial charge in [-0.05, 0) is 89.3 Å². The second-order valence-electron chi connectivity index (χ2n) is 17.2. The lowest BCUT2D eigenvalue weighted by molar-refractivity contribution is -0.244. The minimum atomic E-state index is -4.92. The highest BCUT2D eigenvalue weighted by Crippen LogP contribution is 2.48. The first-order valence-corrected chi connectivity index (χ1v) is 21.4. The Hall–Kier alpha value is -4.65. The molecule has 0 spiro atoms. The van der Waals surface area contributed by atoms with Gasteiger partial charge in [0.2, 0.25) is 39.1 Å². The zero-order valence-electron chi connectivity index (χ0n) is 33.1. The largest absolute Gasteiger partial charge is 0.472 e. The number of imidazole rings is 1. The van der Waals surface area contributed by atoms with Crippen molar-refractivity contribution in [2.45, 2.75) is 120 Å². The number of nitrogens with one attached hydrogen (secondary N) is 3. The van der Waals surface area contributed by atoms with Gasteiger partial charge in [0.05, 0.1) is 22.2 Å². The van der Waals surface area contributed by atoms with E-state index in [1.807, 2.05) is 13.0 Å². The van der Waals surface area contributed by atoms with Gasteiger partial charge in [-0.1, -0.05) is 37.6 Å². The number of nitrogens with zero attached hydrogens (tertiary/aromatic N) is 4. The van der Waals surface area contributed by atoms with Gasteiger partial charge >= 0.3 is 12.3 Å². The van der Waals surface area contributed by atoms with Gasteiger partial charge in [0.15, 0.2) is 0 Å². The number of aromatic nitrogens is 3. The highest BCUT2D eigenvalue weighted by molar-refractivity contribution is 7.91. The number of amides is 4. The van der Waals surface area contributed by atoms with Crippen molar-refractivity contribution < 1.29 is 50.2 Å². The molecule has 3 aromatic rings. The molecule has 2 aromatic heterocycles. The van der Waals surface area contributed by atoms with E-state index in [4.69, 9.17) is 21.1 Å². The Morgan fingerprint density at radius 1 is 1.12 bits per heavy atom. The Morgan fingerprint density at radius 2 is 1.85 bits per heavy atom. The number of hydrogen-bond acceptors (Lipinski definition) is 10. The maximum absolute atomic E-state index is 14.8. The van der Waals surface area contributed by atoms with Gasteiger partial charge in [-0.2, -0.15) is 18.2 Å². The van der Waals surface area contributed by atoms with Crippen molar-refractivity contribution in [2.24, 2.45) is 17.8 Å². The number of carbonyl (C=O) groups is 4. The fourth-order valence-corrected chi connectivity index (χ4v) is 9.38. The lowest BCUT2D eigenvalue weighted by Crippen LogP contribution is -2.59. The lowest BCUT2D eigenvalue weighted by atomic mass is 9.88. The summed E-state index contributed by atoms with van der Waals surface area (Å²) in [6.07, 6.45) is 1.72. The van der Waals surface area contributed by atoms with Gasteiger partial charge < -0.3 is 25.0 Å². The van der Waals surface area contributed by atoms with Gasteiger partial charge in [-0.15, -0.1) is 0 Å². The summed E-state index contributed by atoms with van der Waals surface area (Å²) in [4.78, 5) is 66.5. The van der Waals surface area contributed by atoms with Gasteiger partial charge in [-0.25, -0.2) is 18.2 Å². The quantitative estimate of drug-likeness (QED) is 0.266. The molecule has 7 rings (SSSR count). The van der Waals surface area contributed by atoms with Gasteiger partial charge in [0, 0.05) is 29.8 Å². The summed E-state index contributed by atoms with van der Waals surface area (Å²) >= 11 is 6.37. The molecule has 59 heavy (non-hydrogen) atoms. The van der Waals surface area contributed by atoms with E-state index in [-0.39, 0.29) is 31.2 Å². The van der Waals surface area contributed by atoms with E-state index in [1.54, 1.807) is 48.0 Å². The van der Waals surface area contributed by atoms with Crippen LogP contribution >= 0.6 is 11.6 Å². The van der Waals surface area contributed by atoms with Crippen molar-refractivity contribution in [3.63, 3.8) is 0 Å². The summed E-state index contributed by atoms with van der Waals surface area (Å²) in [7, 11) is -4.09. The monoisotopic (exact) mass is 865 g/mol. The topological polar surface area (TPSA) is 190 Å². The number of benzene rings is 1. The molecule has 4 amide bonds. The highest BCUT2D eigenvalue weighted by atomic mass is 35.5. The van der Waals surface area contributed by atoms with Crippen LogP contribution < -0.4 is 20.1 Å². The molecular weight excluding hydrogens is 819 g/mol. The van der Waals surface area contributed by atoms with E-state index < -0.39 is 85.9 Å². The van der Waals surface area contributed by atoms with Crippen LogP contribution in [0.25, 0.3) is 16.7 Å². The van der Waals surface area contributed by atoms with E-state index in [9.17, 15) is 40.8 Å². The summed E-state index contributed by atoms with van der Waals surface area (Å²) < 4.78 is 81.8. The van der Waals surface area contributed by atoms with Crippen LogP contribution in [0.15, 0.2) is 42.7 Å². The normalized spacial score (nSPS) is 29.3. The molecule has 320 valence electrons. The average Bonchev–Trinajstić information content (AvgIpc) is 3.93. The number of alkyl carbamates (subject to hydrolysis) is 1. The molecular formula is C39H47ClF3N7O8S. The van der Waals surface area contributed by atoms with Gasteiger partial charge in [0.1, 0.15) is 23.7 Å². The Bertz CT molecular complexity index is 2330. The Morgan fingerprint density at radius 3 is 2.54 bits per heavy atom. The van der Waals surface area contributed by atoms with Crippen LogP contribution in [0.5, 0.6) is 5.88 Å². The summed E-state index contributed by atoms with van der Waals surface area (Å²) in [6.45, 7) is 6.26. The minimum absolute atomic E-state index is 0.0508. The zero-order chi connectivity index (χ0) is 42.9. The lowest BCUT2D eigenvalue weighted by Gasteiger charge is -2.34. The van der Waals surface area contributed by atoms with Crippen molar-refractivity contribution in [2.75, 3.05) is 6.54 Å². The molecule has 15 nitrogen and oxygen atoms in total. The van der Waals surface area contributed by atoms with E-state index in [2.05, 4.69) is 25.3 Å². The molecule has 2 aliphatic carbocycles. The van der Waals surface area contributed by atoms with E-state index in [0.717, 1.165) is 0 Å². The predicted octanol–water partition coefficient (Wildman–Crippen LogP) is 5.21. The summed E-state index contributed by atoms with van der Waals surface area (Å²) in [5.74, 6) is -3.39. The van der Waals surface area contributed by atoms with Crippen LogP contribution in [0, 0.1) is 17.8 Å². The molecule has 0 radical (unpaired) electrons. The molecule has 20 heteroatoms. The summed E-state index contributed by atoms with van der Waals surface area (Å²) in [6, 6.07) is 2.26. The second-order valence-corrected chi connectivity index (χ2v) is 19.8. The van der Waals surface area contributed by atoms with Crippen molar-refractivity contribution >= 4 is 62.1 Å². The molecule has 2 saturated carbocycles.